The molecule has 3 rings (SSSR count). The molecule has 1 aliphatic rings. The fraction of sp³-hybridized carbons (Fsp3) is 0.500. The first-order valence-electron chi connectivity index (χ1n) is 9.80. The lowest BCUT2D eigenvalue weighted by Crippen LogP contribution is -2.35. The quantitative estimate of drug-likeness (QED) is 0.683. The van der Waals surface area contributed by atoms with Crippen LogP contribution in [0.4, 0.5) is 0 Å². The van der Waals surface area contributed by atoms with E-state index in [0.29, 0.717) is 24.5 Å². The van der Waals surface area contributed by atoms with Gasteiger partial charge in [-0.2, -0.15) is 9.40 Å². The molecule has 0 spiro atoms. The third-order valence-electron chi connectivity index (χ3n) is 4.89. The first-order valence-corrected chi connectivity index (χ1v) is 11.2. The third kappa shape index (κ3) is 5.42. The van der Waals surface area contributed by atoms with Gasteiger partial charge in [0, 0.05) is 32.4 Å². The summed E-state index contributed by atoms with van der Waals surface area (Å²) in [5.74, 6) is -0.0664. The number of hydrogen-bond acceptors (Lipinski definition) is 4. The Labute approximate surface area is 166 Å². The summed E-state index contributed by atoms with van der Waals surface area (Å²) >= 11 is 0. The number of piperidine rings is 1. The fourth-order valence-electron chi connectivity index (χ4n) is 3.34. The second-order valence-corrected chi connectivity index (χ2v) is 9.21. The van der Waals surface area contributed by atoms with Crippen LogP contribution in [0.3, 0.4) is 0 Å². The Morgan fingerprint density at radius 1 is 1.14 bits per heavy atom. The second-order valence-electron chi connectivity index (χ2n) is 7.27. The van der Waals surface area contributed by atoms with Gasteiger partial charge in [-0.1, -0.05) is 18.6 Å². The summed E-state index contributed by atoms with van der Waals surface area (Å²) in [6.07, 6.45) is 7.75. The largest absolute Gasteiger partial charge is 0.356 e. The highest BCUT2D eigenvalue weighted by atomic mass is 32.2. The number of sulfonamides is 1. The second kappa shape index (κ2) is 9.34. The van der Waals surface area contributed by atoms with E-state index in [-0.39, 0.29) is 12.3 Å². The van der Waals surface area contributed by atoms with Crippen LogP contribution < -0.4 is 5.32 Å². The summed E-state index contributed by atoms with van der Waals surface area (Å²) in [5.41, 5.74) is 1.92. The van der Waals surface area contributed by atoms with Crippen LogP contribution >= 0.6 is 0 Å². The molecule has 0 saturated carbocycles. The van der Waals surface area contributed by atoms with E-state index in [2.05, 4.69) is 10.4 Å². The maximum Gasteiger partial charge on any atom is 0.243 e. The molecule has 0 radical (unpaired) electrons. The van der Waals surface area contributed by atoms with E-state index < -0.39 is 10.0 Å². The lowest BCUT2D eigenvalue weighted by molar-refractivity contribution is -0.120. The topological polar surface area (TPSA) is 84.3 Å². The van der Waals surface area contributed by atoms with Crippen molar-refractivity contribution in [1.82, 2.24) is 19.4 Å². The van der Waals surface area contributed by atoms with E-state index in [0.717, 1.165) is 43.4 Å². The monoisotopic (exact) mass is 404 g/mol. The molecule has 1 aliphatic heterocycles. The molecular formula is C20H28N4O3S. The molecule has 7 nitrogen and oxygen atoms in total. The summed E-state index contributed by atoms with van der Waals surface area (Å²) in [6.45, 7) is 4.51. The predicted molar refractivity (Wildman–Crippen MR) is 107 cm³/mol. The van der Waals surface area contributed by atoms with E-state index in [9.17, 15) is 13.2 Å². The molecule has 0 unspecified atom stereocenters. The standard InChI is InChI=1S/C20H28N4O3S/c1-17-15-22-23(16-17)11-5-10-21-20(25)14-18-6-8-19(9-7-18)28(26,27)24-12-3-2-4-13-24/h6-9,15-16H,2-5,10-14H2,1H3,(H,21,25). The Bertz CT molecular complexity index is 884. The van der Waals surface area contributed by atoms with E-state index in [1.165, 1.54) is 0 Å². The first kappa shape index (κ1) is 20.5. The van der Waals surface area contributed by atoms with Crippen LogP contribution in [0.15, 0.2) is 41.6 Å². The van der Waals surface area contributed by atoms with Crippen molar-refractivity contribution >= 4 is 15.9 Å². The van der Waals surface area contributed by atoms with Gasteiger partial charge in [0.05, 0.1) is 17.5 Å². The molecule has 0 aliphatic carbocycles. The van der Waals surface area contributed by atoms with Gasteiger partial charge in [0.2, 0.25) is 15.9 Å². The smallest absolute Gasteiger partial charge is 0.243 e. The number of nitrogens with one attached hydrogen (secondary N) is 1. The average Bonchev–Trinajstić information content (AvgIpc) is 3.11. The van der Waals surface area contributed by atoms with Crippen molar-refractivity contribution in [3.8, 4) is 0 Å². The van der Waals surface area contributed by atoms with Crippen LogP contribution in [0.2, 0.25) is 0 Å². The van der Waals surface area contributed by atoms with Gasteiger partial charge >= 0.3 is 0 Å². The average molecular weight is 405 g/mol. The van der Waals surface area contributed by atoms with E-state index in [1.807, 2.05) is 24.0 Å². The van der Waals surface area contributed by atoms with Gasteiger partial charge in [-0.05, 0) is 49.4 Å². The van der Waals surface area contributed by atoms with Gasteiger partial charge in [0.15, 0.2) is 0 Å². The van der Waals surface area contributed by atoms with Crippen LogP contribution in [0.1, 0.15) is 36.8 Å². The Morgan fingerprint density at radius 2 is 1.86 bits per heavy atom. The molecule has 1 saturated heterocycles. The van der Waals surface area contributed by atoms with Crippen molar-refractivity contribution in [2.45, 2.75) is 50.5 Å². The summed E-state index contributed by atoms with van der Waals surface area (Å²) in [6, 6.07) is 6.66. The molecule has 152 valence electrons. The molecule has 1 amide bonds. The zero-order chi connectivity index (χ0) is 20.0. The number of aryl methyl sites for hydroxylation is 2. The lowest BCUT2D eigenvalue weighted by Gasteiger charge is -2.25. The van der Waals surface area contributed by atoms with Crippen molar-refractivity contribution in [2.24, 2.45) is 0 Å². The number of carbonyl (C=O) groups excluding carboxylic acids is 1. The number of carbonyl (C=O) groups is 1. The summed E-state index contributed by atoms with van der Waals surface area (Å²) in [4.78, 5) is 12.4. The molecule has 2 heterocycles. The van der Waals surface area contributed by atoms with E-state index in [4.69, 9.17) is 0 Å². The van der Waals surface area contributed by atoms with Gasteiger partial charge in [0.1, 0.15) is 0 Å². The Balaban J connectivity index is 1.46. The van der Waals surface area contributed by atoms with Crippen molar-refractivity contribution in [3.05, 3.63) is 47.8 Å². The summed E-state index contributed by atoms with van der Waals surface area (Å²) in [7, 11) is -3.42. The van der Waals surface area contributed by atoms with Gasteiger partial charge in [-0.15, -0.1) is 0 Å². The normalized spacial score (nSPS) is 15.5. The molecule has 1 aromatic carbocycles. The Kier molecular flexibility index (Phi) is 6.85. The minimum absolute atomic E-state index is 0.0664. The zero-order valence-corrected chi connectivity index (χ0v) is 17.1. The van der Waals surface area contributed by atoms with Crippen molar-refractivity contribution in [2.75, 3.05) is 19.6 Å². The number of benzene rings is 1. The number of hydrogen-bond donors (Lipinski definition) is 1. The molecule has 1 aromatic heterocycles. The first-order chi connectivity index (χ1) is 13.4. The molecule has 0 bridgehead atoms. The van der Waals surface area contributed by atoms with Crippen LogP contribution in [0.25, 0.3) is 0 Å². The SMILES string of the molecule is Cc1cnn(CCCNC(=O)Cc2ccc(S(=O)(=O)N3CCCCC3)cc2)c1. The molecule has 1 fully saturated rings. The lowest BCUT2D eigenvalue weighted by atomic mass is 10.1. The zero-order valence-electron chi connectivity index (χ0n) is 16.3. The molecule has 28 heavy (non-hydrogen) atoms. The van der Waals surface area contributed by atoms with Crippen LogP contribution in [0.5, 0.6) is 0 Å². The van der Waals surface area contributed by atoms with Crippen molar-refractivity contribution < 1.29 is 13.2 Å². The fourth-order valence-corrected chi connectivity index (χ4v) is 4.86. The number of nitrogens with zero attached hydrogens (tertiary/aromatic N) is 3. The number of rotatable bonds is 8. The van der Waals surface area contributed by atoms with E-state index in [1.54, 1.807) is 28.6 Å². The van der Waals surface area contributed by atoms with Gasteiger partial charge in [-0.25, -0.2) is 8.42 Å². The Hall–Kier alpha value is -2.19. The summed E-state index contributed by atoms with van der Waals surface area (Å²) in [5, 5.41) is 7.11. The van der Waals surface area contributed by atoms with Crippen LogP contribution in [-0.2, 0) is 27.8 Å². The number of aromatic nitrogens is 2. The maximum absolute atomic E-state index is 12.7. The molecule has 0 atom stereocenters. The van der Waals surface area contributed by atoms with Gasteiger partial charge < -0.3 is 5.32 Å². The Morgan fingerprint density at radius 3 is 2.50 bits per heavy atom. The molecular weight excluding hydrogens is 376 g/mol. The van der Waals surface area contributed by atoms with Crippen LogP contribution in [0, 0.1) is 6.92 Å². The molecule has 2 aromatic rings. The van der Waals surface area contributed by atoms with Crippen LogP contribution in [-0.4, -0.2) is 48.0 Å². The van der Waals surface area contributed by atoms with E-state index >= 15 is 0 Å². The number of amides is 1. The minimum Gasteiger partial charge on any atom is -0.356 e. The molecule has 1 N–H and O–H groups in total. The summed E-state index contributed by atoms with van der Waals surface area (Å²) < 4.78 is 28.7. The van der Waals surface area contributed by atoms with Gasteiger partial charge in [-0.3, -0.25) is 9.48 Å². The highest BCUT2D eigenvalue weighted by molar-refractivity contribution is 7.89. The third-order valence-corrected chi connectivity index (χ3v) is 6.80. The van der Waals surface area contributed by atoms with Gasteiger partial charge in [0.25, 0.3) is 0 Å². The molecule has 8 heteroatoms. The van der Waals surface area contributed by atoms with Crippen molar-refractivity contribution in [1.29, 1.82) is 0 Å². The maximum atomic E-state index is 12.7. The highest BCUT2D eigenvalue weighted by Gasteiger charge is 2.25. The minimum atomic E-state index is -3.42. The predicted octanol–water partition coefficient (Wildman–Crippen LogP) is 2.12. The van der Waals surface area contributed by atoms with Crippen molar-refractivity contribution in [3.63, 3.8) is 0 Å². The highest BCUT2D eigenvalue weighted by Crippen LogP contribution is 2.20.